The SMILES string of the molecule is COc1ccc(/C=C/C(=O)O[C@H]2C(O[C@H]3[C@@H]4C=CO[C@@H](OC5O[C@H](CO)[C@@H](O)[C@H](O)[C@H]5O)[C@@H]4[C@@]4(CO)O[C@@H]34)O[C@@H](C)[C@H](O)[C@H]2OC(C)=O)cc1. The molecule has 1 saturated carbocycles. The summed E-state index contributed by atoms with van der Waals surface area (Å²) in [6, 6.07) is 6.87. The number of carbonyl (C=O) groups is 2. The van der Waals surface area contributed by atoms with Crippen LogP contribution in [0.4, 0.5) is 0 Å². The van der Waals surface area contributed by atoms with Crippen LogP contribution in [0.1, 0.15) is 19.4 Å². The number of hydrogen-bond donors (Lipinski definition) is 6. The Hall–Kier alpha value is -3.20. The molecule has 3 saturated heterocycles. The molecule has 6 N–H and O–H groups in total. The van der Waals surface area contributed by atoms with Crippen LogP contribution in [0, 0.1) is 11.8 Å². The second-order valence-electron chi connectivity index (χ2n) is 12.8. The number of epoxide rings is 1. The molecule has 17 heteroatoms. The van der Waals surface area contributed by atoms with Gasteiger partial charge in [-0.2, -0.15) is 0 Å². The van der Waals surface area contributed by atoms with Crippen LogP contribution in [0.5, 0.6) is 5.75 Å². The van der Waals surface area contributed by atoms with E-state index in [-0.39, 0.29) is 0 Å². The van der Waals surface area contributed by atoms with Gasteiger partial charge in [-0.05, 0) is 36.8 Å². The van der Waals surface area contributed by atoms with E-state index in [2.05, 4.69) is 0 Å². The highest BCUT2D eigenvalue weighted by Crippen LogP contribution is 2.61. The molecule has 1 aromatic carbocycles. The van der Waals surface area contributed by atoms with Crippen LogP contribution >= 0.6 is 0 Å². The van der Waals surface area contributed by atoms with Gasteiger partial charge in [0.2, 0.25) is 6.29 Å². The summed E-state index contributed by atoms with van der Waals surface area (Å²) in [5.74, 6) is -2.36. The molecule has 1 aliphatic carbocycles. The van der Waals surface area contributed by atoms with Crippen LogP contribution < -0.4 is 4.74 Å². The largest absolute Gasteiger partial charge is 0.497 e. The van der Waals surface area contributed by atoms with Gasteiger partial charge in [-0.1, -0.05) is 12.1 Å². The molecule has 16 atom stereocenters. The molecule has 5 aliphatic rings. The summed E-state index contributed by atoms with van der Waals surface area (Å²) < 4.78 is 51.8. The first-order chi connectivity index (χ1) is 23.9. The average molecular weight is 711 g/mol. The summed E-state index contributed by atoms with van der Waals surface area (Å²) in [7, 11) is 1.53. The molecule has 4 aliphatic heterocycles. The van der Waals surface area contributed by atoms with Crippen molar-refractivity contribution in [2.24, 2.45) is 11.8 Å². The van der Waals surface area contributed by atoms with E-state index in [9.17, 15) is 40.2 Å². The molecule has 0 bridgehead atoms. The molecular weight excluding hydrogens is 668 g/mol. The zero-order valence-corrected chi connectivity index (χ0v) is 27.4. The zero-order chi connectivity index (χ0) is 35.9. The third kappa shape index (κ3) is 6.88. The minimum atomic E-state index is -1.72. The molecule has 4 fully saturated rings. The van der Waals surface area contributed by atoms with E-state index < -0.39 is 122 Å². The van der Waals surface area contributed by atoms with Crippen LogP contribution in [-0.2, 0) is 47.5 Å². The third-order valence-corrected chi connectivity index (χ3v) is 9.73. The standard InChI is InChI=1S/C33H42O17/c1-14-22(38)27(45-15(2)36)28(47-20(37)9-6-16-4-7-17(42-3)8-5-16)32(44-14)48-26-18-10-11-43-30(21(18)33(13-35)29(26)50-33)49-31-25(41)24(40)23(39)19(12-34)46-31/h4-11,14,18-19,21-32,34-35,38-41H,12-13H2,1-3H3/b9-6+/t14-,18+,19+,21+,22-,23+,24-,25+,26-,27+,28+,29-,30-,31?,32?,33+/m0/s1. The Kier molecular flexibility index (Phi) is 10.8. The van der Waals surface area contributed by atoms with Crippen molar-refractivity contribution in [2.75, 3.05) is 20.3 Å². The first-order valence-electron chi connectivity index (χ1n) is 16.2. The lowest BCUT2D eigenvalue weighted by molar-refractivity contribution is -0.347. The molecular formula is C33H42O17. The summed E-state index contributed by atoms with van der Waals surface area (Å²) in [6.07, 6.45) is -11.7. The smallest absolute Gasteiger partial charge is 0.331 e. The van der Waals surface area contributed by atoms with Crippen molar-refractivity contribution >= 4 is 18.0 Å². The molecule has 50 heavy (non-hydrogen) atoms. The Morgan fingerprint density at radius 3 is 2.28 bits per heavy atom. The van der Waals surface area contributed by atoms with Crippen molar-refractivity contribution in [1.29, 1.82) is 0 Å². The fourth-order valence-electron chi connectivity index (χ4n) is 7.06. The number of methoxy groups -OCH3 is 1. The van der Waals surface area contributed by atoms with Crippen LogP contribution in [0.2, 0.25) is 0 Å². The average Bonchev–Trinajstić information content (AvgIpc) is 3.78. The number of benzene rings is 1. The van der Waals surface area contributed by atoms with Gasteiger partial charge in [0.15, 0.2) is 24.8 Å². The Labute approximate surface area is 286 Å². The fraction of sp³-hybridized carbons (Fsp3) is 0.636. The Morgan fingerprint density at radius 2 is 1.62 bits per heavy atom. The monoisotopic (exact) mass is 710 g/mol. The number of fused-ring (bicyclic) bond motifs is 3. The maximum atomic E-state index is 13.1. The summed E-state index contributed by atoms with van der Waals surface area (Å²) in [4.78, 5) is 25.2. The van der Waals surface area contributed by atoms with Gasteiger partial charge in [0.25, 0.3) is 0 Å². The highest BCUT2D eigenvalue weighted by Gasteiger charge is 2.77. The number of aliphatic hydroxyl groups excluding tert-OH is 6. The molecule has 1 aromatic rings. The molecule has 6 rings (SSSR count). The van der Waals surface area contributed by atoms with Crippen molar-refractivity contribution in [3.63, 3.8) is 0 Å². The van der Waals surface area contributed by atoms with E-state index in [0.29, 0.717) is 11.3 Å². The van der Waals surface area contributed by atoms with Gasteiger partial charge in [0.05, 0.1) is 44.7 Å². The molecule has 0 amide bonds. The van der Waals surface area contributed by atoms with Crippen molar-refractivity contribution in [1.82, 2.24) is 0 Å². The highest BCUT2D eigenvalue weighted by atomic mass is 16.8. The normalized spacial score (nSPS) is 43.4. The minimum absolute atomic E-state index is 0.504. The molecule has 0 radical (unpaired) electrons. The molecule has 2 unspecified atom stereocenters. The van der Waals surface area contributed by atoms with E-state index in [1.807, 2.05) is 0 Å². The van der Waals surface area contributed by atoms with Crippen LogP contribution in [0.25, 0.3) is 6.08 Å². The molecule has 276 valence electrons. The Balaban J connectivity index is 1.22. The van der Waals surface area contributed by atoms with E-state index >= 15 is 0 Å². The van der Waals surface area contributed by atoms with E-state index in [1.165, 1.54) is 26.4 Å². The molecule has 0 aromatic heterocycles. The summed E-state index contributed by atoms with van der Waals surface area (Å²) in [5, 5.41) is 62.1. The van der Waals surface area contributed by atoms with Crippen molar-refractivity contribution in [3.05, 3.63) is 48.2 Å². The summed E-state index contributed by atoms with van der Waals surface area (Å²) >= 11 is 0. The summed E-state index contributed by atoms with van der Waals surface area (Å²) in [5.41, 5.74) is -0.600. The Bertz CT molecular complexity index is 1420. The lowest BCUT2D eigenvalue weighted by Gasteiger charge is -2.44. The second-order valence-corrected chi connectivity index (χ2v) is 12.8. The summed E-state index contributed by atoms with van der Waals surface area (Å²) in [6.45, 7) is 1.50. The number of rotatable bonds is 11. The van der Waals surface area contributed by atoms with Gasteiger partial charge in [-0.15, -0.1) is 0 Å². The highest BCUT2D eigenvalue weighted by molar-refractivity contribution is 5.87. The van der Waals surface area contributed by atoms with E-state index in [1.54, 1.807) is 30.3 Å². The number of aliphatic hydroxyl groups is 6. The van der Waals surface area contributed by atoms with Gasteiger partial charge in [0, 0.05) is 18.9 Å². The molecule has 17 nitrogen and oxygen atoms in total. The van der Waals surface area contributed by atoms with Gasteiger partial charge >= 0.3 is 11.9 Å². The lowest BCUT2D eigenvalue weighted by atomic mass is 9.85. The predicted molar refractivity (Wildman–Crippen MR) is 163 cm³/mol. The van der Waals surface area contributed by atoms with Gasteiger partial charge in [-0.3, -0.25) is 4.79 Å². The first kappa shape index (κ1) is 36.6. The third-order valence-electron chi connectivity index (χ3n) is 9.73. The topological polar surface area (TPSA) is 242 Å². The van der Waals surface area contributed by atoms with Crippen molar-refractivity contribution in [3.8, 4) is 5.75 Å². The maximum Gasteiger partial charge on any atom is 0.331 e. The minimum Gasteiger partial charge on any atom is -0.497 e. The zero-order valence-electron chi connectivity index (χ0n) is 27.4. The number of carbonyl (C=O) groups excluding carboxylic acids is 2. The van der Waals surface area contributed by atoms with Crippen LogP contribution in [-0.4, -0.2) is 148 Å². The van der Waals surface area contributed by atoms with Gasteiger partial charge in [0.1, 0.15) is 48.0 Å². The van der Waals surface area contributed by atoms with Crippen molar-refractivity contribution in [2.45, 2.75) is 99.4 Å². The first-order valence-corrected chi connectivity index (χ1v) is 16.2. The number of ether oxygens (including phenoxy) is 9. The van der Waals surface area contributed by atoms with Crippen LogP contribution in [0.3, 0.4) is 0 Å². The number of esters is 2. The molecule has 0 spiro atoms. The van der Waals surface area contributed by atoms with Gasteiger partial charge < -0.3 is 73.3 Å². The van der Waals surface area contributed by atoms with Crippen LogP contribution in [0.15, 0.2) is 42.7 Å². The number of hydrogen-bond acceptors (Lipinski definition) is 17. The van der Waals surface area contributed by atoms with Gasteiger partial charge in [-0.25, -0.2) is 4.79 Å². The fourth-order valence-corrected chi connectivity index (χ4v) is 7.06. The van der Waals surface area contributed by atoms with Crippen molar-refractivity contribution < 1.29 is 82.9 Å². The lowest BCUT2D eigenvalue weighted by Crippen LogP contribution is -2.61. The second kappa shape index (κ2) is 14.8. The Morgan fingerprint density at radius 1 is 0.880 bits per heavy atom. The van der Waals surface area contributed by atoms with E-state index in [4.69, 9.17) is 42.6 Å². The predicted octanol–water partition coefficient (Wildman–Crippen LogP) is -1.89. The quantitative estimate of drug-likeness (QED) is 0.0835. The molecule has 4 heterocycles. The van der Waals surface area contributed by atoms with E-state index in [0.717, 1.165) is 13.0 Å². The maximum absolute atomic E-state index is 13.1.